The Morgan fingerprint density at radius 1 is 1.30 bits per heavy atom. The predicted octanol–water partition coefficient (Wildman–Crippen LogP) is 2.74. The minimum absolute atomic E-state index is 0.124. The number of nitrogens with zero attached hydrogens (tertiary/aromatic N) is 5. The Balaban J connectivity index is 1.89. The van der Waals surface area contributed by atoms with E-state index in [0.717, 1.165) is 25.7 Å². The molecule has 0 N–H and O–H groups in total. The second-order valence-corrected chi connectivity index (χ2v) is 6.10. The van der Waals surface area contributed by atoms with Gasteiger partial charge < -0.3 is 9.42 Å². The number of carbonyl (C=O) groups is 1. The van der Waals surface area contributed by atoms with Gasteiger partial charge in [0.05, 0.1) is 12.2 Å². The molecule has 1 unspecified atom stereocenters. The summed E-state index contributed by atoms with van der Waals surface area (Å²) in [7, 11) is 0. The average Bonchev–Trinajstić information content (AvgIpc) is 2.94. The molecule has 122 valence electrons. The molecule has 3 rings (SSSR count). The van der Waals surface area contributed by atoms with Gasteiger partial charge in [-0.15, -0.1) is 0 Å². The van der Waals surface area contributed by atoms with Crippen molar-refractivity contribution in [2.45, 2.75) is 51.5 Å². The van der Waals surface area contributed by atoms with Crippen LogP contribution in [0.4, 0.5) is 0 Å². The van der Waals surface area contributed by atoms with E-state index in [9.17, 15) is 4.79 Å². The highest BCUT2D eigenvalue weighted by Crippen LogP contribution is 2.30. The lowest BCUT2D eigenvalue weighted by atomic mass is 10.1. The maximum Gasteiger partial charge on any atom is 0.274 e. The number of amides is 1. The number of likely N-dealkylation sites (tertiary alicyclic amines) is 1. The van der Waals surface area contributed by atoms with E-state index < -0.39 is 0 Å². The maximum absolute atomic E-state index is 12.8. The predicted molar refractivity (Wildman–Crippen MR) is 82.7 cm³/mol. The molecule has 2 aromatic heterocycles. The first-order valence-electron chi connectivity index (χ1n) is 8.07. The molecule has 1 saturated heterocycles. The van der Waals surface area contributed by atoms with Crippen LogP contribution in [0, 0.1) is 0 Å². The molecule has 1 aliphatic heterocycles. The molecule has 3 heterocycles. The third kappa shape index (κ3) is 3.38. The lowest BCUT2D eigenvalue weighted by molar-refractivity contribution is 0.0663. The van der Waals surface area contributed by atoms with E-state index in [2.05, 4.69) is 20.1 Å². The first kappa shape index (κ1) is 15.6. The summed E-state index contributed by atoms with van der Waals surface area (Å²) in [6, 6.07) is -0.164. The molecule has 0 radical (unpaired) electrons. The standard InChI is InChI=1S/C16H21N5O2/c1-11(2)15-19-14(20-23-15)13-6-4-3-5-9-21(13)16(22)12-10-17-7-8-18-12/h7-8,10-11,13H,3-6,9H2,1-2H3. The molecule has 0 saturated carbocycles. The Morgan fingerprint density at radius 3 is 2.87 bits per heavy atom. The van der Waals surface area contributed by atoms with Gasteiger partial charge in [-0.3, -0.25) is 9.78 Å². The van der Waals surface area contributed by atoms with E-state index in [0.29, 0.717) is 24.0 Å². The van der Waals surface area contributed by atoms with Gasteiger partial charge in [0.25, 0.3) is 5.91 Å². The second-order valence-electron chi connectivity index (χ2n) is 6.10. The summed E-state index contributed by atoms with van der Waals surface area (Å²) in [5.74, 6) is 1.25. The fourth-order valence-corrected chi connectivity index (χ4v) is 2.79. The van der Waals surface area contributed by atoms with Gasteiger partial charge in [0.2, 0.25) is 5.89 Å². The number of rotatable bonds is 3. The number of aromatic nitrogens is 4. The molecule has 7 heteroatoms. The SMILES string of the molecule is CC(C)c1nc(C2CCCCCN2C(=O)c2cnccn2)no1. The number of hydrogen-bond donors (Lipinski definition) is 0. The monoisotopic (exact) mass is 315 g/mol. The van der Waals surface area contributed by atoms with Gasteiger partial charge in [0.15, 0.2) is 5.82 Å². The van der Waals surface area contributed by atoms with Gasteiger partial charge in [-0.1, -0.05) is 31.8 Å². The molecule has 23 heavy (non-hydrogen) atoms. The van der Waals surface area contributed by atoms with Crippen LogP contribution in [0.3, 0.4) is 0 Å². The van der Waals surface area contributed by atoms with Crippen molar-refractivity contribution in [1.29, 1.82) is 0 Å². The van der Waals surface area contributed by atoms with Crippen LogP contribution >= 0.6 is 0 Å². The zero-order chi connectivity index (χ0) is 16.2. The minimum atomic E-state index is -0.164. The van der Waals surface area contributed by atoms with Crippen molar-refractivity contribution in [1.82, 2.24) is 25.0 Å². The van der Waals surface area contributed by atoms with Crippen LogP contribution in [0.2, 0.25) is 0 Å². The molecule has 2 aromatic rings. The second kappa shape index (κ2) is 6.85. The van der Waals surface area contributed by atoms with Crippen molar-refractivity contribution < 1.29 is 9.32 Å². The molecule has 0 aliphatic carbocycles. The van der Waals surface area contributed by atoms with Crippen LogP contribution in [0.1, 0.15) is 73.7 Å². The molecule has 1 atom stereocenters. The number of carbonyl (C=O) groups excluding carboxylic acids is 1. The van der Waals surface area contributed by atoms with Crippen molar-refractivity contribution in [2.24, 2.45) is 0 Å². The van der Waals surface area contributed by atoms with E-state index in [1.807, 2.05) is 18.7 Å². The normalized spacial score (nSPS) is 18.9. The van der Waals surface area contributed by atoms with Gasteiger partial charge in [-0.25, -0.2) is 4.98 Å². The van der Waals surface area contributed by atoms with Gasteiger partial charge in [-0.2, -0.15) is 4.98 Å². The summed E-state index contributed by atoms with van der Waals surface area (Å²) in [6.45, 7) is 4.69. The van der Waals surface area contributed by atoms with E-state index >= 15 is 0 Å². The van der Waals surface area contributed by atoms with E-state index in [4.69, 9.17) is 4.52 Å². The topological polar surface area (TPSA) is 85.0 Å². The van der Waals surface area contributed by atoms with Gasteiger partial charge in [-0.05, 0) is 12.8 Å². The lowest BCUT2D eigenvalue weighted by Crippen LogP contribution is -2.36. The smallest absolute Gasteiger partial charge is 0.274 e. The quantitative estimate of drug-likeness (QED) is 0.865. The number of hydrogen-bond acceptors (Lipinski definition) is 6. The third-order valence-corrected chi connectivity index (χ3v) is 4.05. The van der Waals surface area contributed by atoms with Gasteiger partial charge in [0, 0.05) is 24.9 Å². The van der Waals surface area contributed by atoms with Crippen molar-refractivity contribution in [3.8, 4) is 0 Å². The zero-order valence-electron chi connectivity index (χ0n) is 13.5. The summed E-state index contributed by atoms with van der Waals surface area (Å²) in [5.41, 5.74) is 0.354. The highest BCUT2D eigenvalue weighted by atomic mass is 16.5. The van der Waals surface area contributed by atoms with Crippen LogP contribution in [0.5, 0.6) is 0 Å². The van der Waals surface area contributed by atoms with Crippen LogP contribution in [0.25, 0.3) is 0 Å². The average molecular weight is 315 g/mol. The summed E-state index contributed by atoms with van der Waals surface area (Å²) in [4.78, 5) is 27.2. The van der Waals surface area contributed by atoms with Gasteiger partial charge in [0.1, 0.15) is 5.69 Å². The van der Waals surface area contributed by atoms with Crippen molar-refractivity contribution in [2.75, 3.05) is 6.54 Å². The fraction of sp³-hybridized carbons (Fsp3) is 0.562. The van der Waals surface area contributed by atoms with Crippen LogP contribution in [-0.2, 0) is 0 Å². The summed E-state index contributed by atoms with van der Waals surface area (Å²) < 4.78 is 5.33. The molecule has 0 spiro atoms. The summed E-state index contributed by atoms with van der Waals surface area (Å²) in [6.07, 6.45) is 8.53. The first-order valence-corrected chi connectivity index (χ1v) is 8.07. The van der Waals surface area contributed by atoms with E-state index in [1.54, 1.807) is 6.20 Å². The Kier molecular flexibility index (Phi) is 4.64. The van der Waals surface area contributed by atoms with Crippen LogP contribution < -0.4 is 0 Å². The van der Waals surface area contributed by atoms with E-state index in [-0.39, 0.29) is 17.9 Å². The maximum atomic E-state index is 12.8. The Hall–Kier alpha value is -2.31. The molecule has 0 bridgehead atoms. The lowest BCUT2D eigenvalue weighted by Gasteiger charge is -2.27. The van der Waals surface area contributed by atoms with Crippen molar-refractivity contribution in [3.63, 3.8) is 0 Å². The Morgan fingerprint density at radius 2 is 2.17 bits per heavy atom. The Labute approximate surface area is 135 Å². The third-order valence-electron chi connectivity index (χ3n) is 4.05. The Bertz CT molecular complexity index is 656. The van der Waals surface area contributed by atoms with Crippen LogP contribution in [-0.4, -0.2) is 37.5 Å². The summed E-state index contributed by atoms with van der Waals surface area (Å²) >= 11 is 0. The summed E-state index contributed by atoms with van der Waals surface area (Å²) in [5, 5.41) is 4.11. The van der Waals surface area contributed by atoms with Crippen LogP contribution in [0.15, 0.2) is 23.1 Å². The molecular formula is C16H21N5O2. The zero-order valence-corrected chi connectivity index (χ0v) is 13.5. The fourth-order valence-electron chi connectivity index (χ4n) is 2.79. The van der Waals surface area contributed by atoms with Crippen molar-refractivity contribution in [3.05, 3.63) is 36.0 Å². The molecule has 0 aromatic carbocycles. The minimum Gasteiger partial charge on any atom is -0.339 e. The highest BCUT2D eigenvalue weighted by molar-refractivity contribution is 5.92. The van der Waals surface area contributed by atoms with Gasteiger partial charge >= 0.3 is 0 Å². The molecular weight excluding hydrogens is 294 g/mol. The molecule has 1 amide bonds. The molecule has 7 nitrogen and oxygen atoms in total. The highest BCUT2D eigenvalue weighted by Gasteiger charge is 2.31. The largest absolute Gasteiger partial charge is 0.339 e. The molecule has 1 aliphatic rings. The van der Waals surface area contributed by atoms with Crippen molar-refractivity contribution >= 4 is 5.91 Å². The van der Waals surface area contributed by atoms with E-state index in [1.165, 1.54) is 12.4 Å². The first-order chi connectivity index (χ1) is 11.2. The molecule has 1 fully saturated rings.